The highest BCUT2D eigenvalue weighted by Gasteiger charge is 2.09. The minimum atomic E-state index is -0.583. The molecule has 0 aliphatic rings. The minimum absolute atomic E-state index is 0.0436. The van der Waals surface area contributed by atoms with E-state index in [4.69, 9.17) is 9.47 Å². The van der Waals surface area contributed by atoms with Gasteiger partial charge in [-0.15, -0.1) is 0 Å². The van der Waals surface area contributed by atoms with Crippen LogP contribution in [0.3, 0.4) is 0 Å². The lowest BCUT2D eigenvalue weighted by Gasteiger charge is -2.08. The van der Waals surface area contributed by atoms with Crippen LogP contribution in [0.4, 0.5) is 16.2 Å². The van der Waals surface area contributed by atoms with Gasteiger partial charge in [0.25, 0.3) is 5.91 Å². The van der Waals surface area contributed by atoms with Crippen molar-refractivity contribution in [2.45, 2.75) is 6.42 Å². The maximum absolute atomic E-state index is 11.8. The van der Waals surface area contributed by atoms with Gasteiger partial charge in [-0.1, -0.05) is 18.2 Å². The molecule has 0 aliphatic carbocycles. The van der Waals surface area contributed by atoms with Gasteiger partial charge in [-0.2, -0.15) is 0 Å². The van der Waals surface area contributed by atoms with Gasteiger partial charge < -0.3 is 25.4 Å². The van der Waals surface area contributed by atoms with Gasteiger partial charge in [-0.25, -0.2) is 4.79 Å². The van der Waals surface area contributed by atoms with Crippen LogP contribution in [0.15, 0.2) is 54.6 Å². The van der Waals surface area contributed by atoms with Gasteiger partial charge in [-0.3, -0.25) is 9.59 Å². The number of esters is 1. The summed E-state index contributed by atoms with van der Waals surface area (Å²) in [7, 11) is 1.55. The van der Waals surface area contributed by atoms with Crippen molar-refractivity contribution in [1.29, 1.82) is 0 Å². The smallest absolute Gasteiger partial charge is 0.319 e. The highest BCUT2D eigenvalue weighted by molar-refractivity contribution is 5.93. The Kier molecular flexibility index (Phi) is 7.65. The summed E-state index contributed by atoms with van der Waals surface area (Å²) in [6.07, 6.45) is -0.0436. The van der Waals surface area contributed by atoms with E-state index in [0.29, 0.717) is 17.1 Å². The molecular formula is C19H21N3O5. The third-order valence-electron chi connectivity index (χ3n) is 3.38. The molecule has 2 rings (SSSR count). The van der Waals surface area contributed by atoms with E-state index in [0.717, 1.165) is 0 Å². The number of hydrogen-bond donors (Lipinski definition) is 3. The molecule has 8 heteroatoms. The summed E-state index contributed by atoms with van der Waals surface area (Å²) in [5, 5.41) is 7.76. The van der Waals surface area contributed by atoms with Gasteiger partial charge in [0.2, 0.25) is 0 Å². The normalized spacial score (nSPS) is 9.81. The van der Waals surface area contributed by atoms with Crippen molar-refractivity contribution in [2.75, 3.05) is 30.9 Å². The molecule has 142 valence electrons. The Morgan fingerprint density at radius 1 is 0.889 bits per heavy atom. The zero-order valence-electron chi connectivity index (χ0n) is 14.9. The number of hydrogen-bond acceptors (Lipinski definition) is 5. The standard InChI is InChI=1S/C19H21N3O5/c1-26-16-9-7-15(8-10-16)21-17(23)13-27-18(24)11-12-20-19(25)22-14-5-3-2-4-6-14/h2-10H,11-13H2,1H3,(H,21,23)(H2,20,22,25). The zero-order valence-corrected chi connectivity index (χ0v) is 14.9. The van der Waals surface area contributed by atoms with Crippen LogP contribution < -0.4 is 20.7 Å². The molecule has 0 spiro atoms. The van der Waals surface area contributed by atoms with E-state index < -0.39 is 24.5 Å². The van der Waals surface area contributed by atoms with Gasteiger partial charge in [0.05, 0.1) is 13.5 Å². The molecule has 0 bridgehead atoms. The maximum Gasteiger partial charge on any atom is 0.319 e. The SMILES string of the molecule is COc1ccc(NC(=O)COC(=O)CCNC(=O)Nc2ccccc2)cc1. The molecule has 27 heavy (non-hydrogen) atoms. The number of urea groups is 1. The Balaban J connectivity index is 1.61. The molecule has 0 saturated carbocycles. The topological polar surface area (TPSA) is 106 Å². The molecule has 0 radical (unpaired) electrons. The van der Waals surface area contributed by atoms with Gasteiger partial charge in [0.15, 0.2) is 6.61 Å². The van der Waals surface area contributed by atoms with Crippen LogP contribution in [0.25, 0.3) is 0 Å². The average Bonchev–Trinajstić information content (AvgIpc) is 2.68. The molecule has 2 aromatic rings. The summed E-state index contributed by atoms with van der Waals surface area (Å²) in [5.41, 5.74) is 1.21. The Morgan fingerprint density at radius 2 is 1.56 bits per heavy atom. The van der Waals surface area contributed by atoms with Crippen molar-refractivity contribution in [3.05, 3.63) is 54.6 Å². The van der Waals surface area contributed by atoms with Gasteiger partial charge in [0, 0.05) is 17.9 Å². The second kappa shape index (κ2) is 10.4. The molecule has 8 nitrogen and oxygen atoms in total. The van der Waals surface area contributed by atoms with Crippen molar-refractivity contribution in [3.63, 3.8) is 0 Å². The monoisotopic (exact) mass is 371 g/mol. The Labute approximate surface area is 156 Å². The number of nitrogens with one attached hydrogen (secondary N) is 3. The van der Waals surface area contributed by atoms with E-state index in [2.05, 4.69) is 16.0 Å². The Morgan fingerprint density at radius 3 is 2.22 bits per heavy atom. The fourth-order valence-corrected chi connectivity index (χ4v) is 2.06. The number of benzene rings is 2. The molecule has 0 aromatic heterocycles. The van der Waals surface area contributed by atoms with Gasteiger partial charge in [-0.05, 0) is 36.4 Å². The Bertz CT molecular complexity index is 763. The van der Waals surface area contributed by atoms with Gasteiger partial charge >= 0.3 is 12.0 Å². The summed E-state index contributed by atoms with van der Waals surface area (Å²) in [4.78, 5) is 35.1. The number of rotatable bonds is 8. The highest BCUT2D eigenvalue weighted by Crippen LogP contribution is 2.14. The average molecular weight is 371 g/mol. The van der Waals surface area contributed by atoms with Crippen molar-refractivity contribution in [3.8, 4) is 5.75 Å². The number of amides is 3. The molecule has 0 saturated heterocycles. The third kappa shape index (κ3) is 7.47. The quantitative estimate of drug-likeness (QED) is 0.618. The number of carbonyl (C=O) groups excluding carboxylic acids is 3. The maximum atomic E-state index is 11.8. The molecule has 3 N–H and O–H groups in total. The summed E-state index contributed by atoms with van der Waals surface area (Å²) in [6.45, 7) is -0.307. The lowest BCUT2D eigenvalue weighted by Crippen LogP contribution is -2.31. The molecule has 0 unspecified atom stereocenters. The van der Waals surface area contributed by atoms with Crippen LogP contribution in [0.2, 0.25) is 0 Å². The minimum Gasteiger partial charge on any atom is -0.497 e. The van der Waals surface area contributed by atoms with E-state index in [-0.39, 0.29) is 13.0 Å². The second-order valence-electron chi connectivity index (χ2n) is 5.43. The first kappa shape index (κ1) is 19.8. The van der Waals surface area contributed by atoms with E-state index in [1.807, 2.05) is 6.07 Å². The lowest BCUT2D eigenvalue weighted by molar-refractivity contribution is -0.147. The predicted octanol–water partition coefficient (Wildman–Crippen LogP) is 2.39. The summed E-state index contributed by atoms with van der Waals surface area (Å²) < 4.78 is 9.90. The van der Waals surface area contributed by atoms with Crippen molar-refractivity contribution in [1.82, 2.24) is 5.32 Å². The van der Waals surface area contributed by atoms with Crippen LogP contribution in [0, 0.1) is 0 Å². The number of methoxy groups -OCH3 is 1. The molecule has 0 aliphatic heterocycles. The van der Waals surface area contributed by atoms with Crippen molar-refractivity contribution in [2.24, 2.45) is 0 Å². The van der Waals surface area contributed by atoms with Crippen LogP contribution in [0.5, 0.6) is 5.75 Å². The molecular weight excluding hydrogens is 350 g/mol. The number of anilines is 2. The predicted molar refractivity (Wildman–Crippen MR) is 101 cm³/mol. The molecule has 0 atom stereocenters. The van der Waals surface area contributed by atoms with E-state index >= 15 is 0 Å². The lowest BCUT2D eigenvalue weighted by atomic mass is 10.3. The molecule has 0 fully saturated rings. The number of para-hydroxylation sites is 1. The molecule has 2 aromatic carbocycles. The van der Waals surface area contributed by atoms with E-state index in [1.54, 1.807) is 55.6 Å². The largest absolute Gasteiger partial charge is 0.497 e. The van der Waals surface area contributed by atoms with Crippen LogP contribution >= 0.6 is 0 Å². The fraction of sp³-hybridized carbons (Fsp3) is 0.211. The number of ether oxygens (including phenoxy) is 2. The molecule has 0 heterocycles. The molecule has 3 amide bonds. The second-order valence-corrected chi connectivity index (χ2v) is 5.43. The van der Waals surface area contributed by atoms with Crippen LogP contribution in [-0.4, -0.2) is 38.2 Å². The number of carbonyl (C=O) groups is 3. The summed E-state index contributed by atoms with van der Waals surface area (Å²) in [5.74, 6) is -0.369. The van der Waals surface area contributed by atoms with E-state index in [1.165, 1.54) is 0 Å². The Hall–Kier alpha value is -3.55. The van der Waals surface area contributed by atoms with Gasteiger partial charge in [0.1, 0.15) is 5.75 Å². The zero-order chi connectivity index (χ0) is 19.5. The summed E-state index contributed by atoms with van der Waals surface area (Å²) >= 11 is 0. The first-order chi connectivity index (χ1) is 13.1. The van der Waals surface area contributed by atoms with Crippen LogP contribution in [-0.2, 0) is 14.3 Å². The summed E-state index contributed by atoms with van der Waals surface area (Å²) in [6, 6.07) is 15.2. The van der Waals surface area contributed by atoms with Crippen molar-refractivity contribution < 1.29 is 23.9 Å². The van der Waals surface area contributed by atoms with Crippen LogP contribution in [0.1, 0.15) is 6.42 Å². The van der Waals surface area contributed by atoms with E-state index in [9.17, 15) is 14.4 Å². The highest BCUT2D eigenvalue weighted by atomic mass is 16.5. The fourth-order valence-electron chi connectivity index (χ4n) is 2.06. The first-order valence-corrected chi connectivity index (χ1v) is 8.26. The first-order valence-electron chi connectivity index (χ1n) is 8.26. The van der Waals surface area contributed by atoms with Crippen molar-refractivity contribution >= 4 is 29.3 Å². The third-order valence-corrected chi connectivity index (χ3v) is 3.38.